The van der Waals surface area contributed by atoms with Crippen LogP contribution in [0.5, 0.6) is 0 Å². The van der Waals surface area contributed by atoms with Crippen LogP contribution < -0.4 is 0 Å². The molecule has 0 heterocycles. The maximum atomic E-state index is 6.25. The summed E-state index contributed by atoms with van der Waals surface area (Å²) in [7, 11) is 0. The summed E-state index contributed by atoms with van der Waals surface area (Å²) in [5, 5.41) is 6.25. The summed E-state index contributed by atoms with van der Waals surface area (Å²) in [4.78, 5) is 0. The molecule has 21 valence electrons. The van der Waals surface area contributed by atoms with Gasteiger partial charge < -0.3 is 14.7 Å². The molecule has 3 heteroatoms. The smallest absolute Gasteiger partial charge is 1.00 e. The fraction of sp³-hybridized carbons (Fsp3) is 0. The van der Waals surface area contributed by atoms with E-state index >= 15 is 0 Å². The fourth-order valence-corrected chi connectivity index (χ4v) is 0. The van der Waals surface area contributed by atoms with Crippen molar-refractivity contribution in [2.45, 2.75) is 0 Å². The minimum absolute atomic E-state index is 0. The Labute approximate surface area is 68.8 Å². The average Bonchev–Trinajstić information content (AvgIpc) is 1.00. The maximum absolute atomic E-state index is 6.25. The van der Waals surface area contributed by atoms with Gasteiger partial charge in [0.25, 0.3) is 0 Å². The molecule has 0 spiro atoms. The van der Waals surface area contributed by atoms with Crippen LogP contribution in [0.2, 0.25) is 0 Å². The predicted octanol–water partition coefficient (Wildman–Crippen LogP) is -0.0619. The SMILES string of the molecule is [C-]#N.[Ca+2].[H-].[H-].[Mn]. The molecule has 4 heavy (non-hydrogen) atoms. The van der Waals surface area contributed by atoms with Crippen LogP contribution >= 0.6 is 0 Å². The minimum atomic E-state index is 0. The van der Waals surface area contributed by atoms with Crippen molar-refractivity contribution in [3.63, 3.8) is 0 Å². The molecule has 0 bridgehead atoms. The average molecular weight is 123 g/mol. The van der Waals surface area contributed by atoms with Crippen molar-refractivity contribution in [2.24, 2.45) is 0 Å². The Balaban J connectivity index is -0.000000000833. The molecule has 1 nitrogen and oxygen atoms in total. The topological polar surface area (TPSA) is 23.8 Å². The second-order valence-corrected chi connectivity index (χ2v) is 0. The largest absolute Gasteiger partial charge is 2.00 e. The molecule has 0 aliphatic heterocycles. The Hall–Kier alpha value is 1.27. The monoisotopic (exact) mass is 123 g/mol. The van der Waals surface area contributed by atoms with Crippen molar-refractivity contribution in [2.75, 3.05) is 0 Å². The number of rotatable bonds is 0. The molecule has 0 amide bonds. The summed E-state index contributed by atoms with van der Waals surface area (Å²) in [6.07, 6.45) is 0. The molecule has 0 aromatic heterocycles. The van der Waals surface area contributed by atoms with Crippen LogP contribution in [-0.2, 0) is 17.1 Å². The first-order valence-electron chi connectivity index (χ1n) is 0.224. The standard InChI is InChI=1S/CN.Ca.Mn.2H/c1-2;;;;/q-1;+2;;2*-1. The van der Waals surface area contributed by atoms with E-state index in [1.807, 2.05) is 0 Å². The molecule has 1 radical (unpaired) electrons. The second-order valence-electron chi connectivity index (χ2n) is 0. The van der Waals surface area contributed by atoms with E-state index in [0.717, 1.165) is 0 Å². The van der Waals surface area contributed by atoms with Gasteiger partial charge in [-0.25, -0.2) is 0 Å². The zero-order chi connectivity index (χ0) is 2.00. The second kappa shape index (κ2) is 28.3. The Morgan fingerprint density at radius 3 is 1.50 bits per heavy atom. The van der Waals surface area contributed by atoms with E-state index in [1.54, 1.807) is 0 Å². The molecular formula is CH2CaMnN-. The molecule has 0 N–H and O–H groups in total. The van der Waals surface area contributed by atoms with Crippen molar-refractivity contribution < 1.29 is 19.9 Å². The molecule has 0 unspecified atom stereocenters. The van der Waals surface area contributed by atoms with Crippen LogP contribution in [0.4, 0.5) is 0 Å². The minimum Gasteiger partial charge on any atom is -1.00 e. The van der Waals surface area contributed by atoms with Gasteiger partial charge in [-0.1, -0.05) is 0 Å². The van der Waals surface area contributed by atoms with Crippen LogP contribution in [0.3, 0.4) is 0 Å². The van der Waals surface area contributed by atoms with Crippen molar-refractivity contribution in [3.05, 3.63) is 6.57 Å². The van der Waals surface area contributed by atoms with Crippen LogP contribution in [-0.4, -0.2) is 37.7 Å². The first-order chi connectivity index (χ1) is 1.00. The maximum Gasteiger partial charge on any atom is 2.00 e. The predicted molar refractivity (Wildman–Crippen MR) is 12.9 cm³/mol. The number of nitrogens with zero attached hydrogens (tertiary/aromatic N) is 1. The first-order valence-corrected chi connectivity index (χ1v) is 0.224. The van der Waals surface area contributed by atoms with E-state index in [2.05, 4.69) is 0 Å². The van der Waals surface area contributed by atoms with Gasteiger partial charge in [-0.2, -0.15) is 0 Å². The third-order valence-electron chi connectivity index (χ3n) is 0. The molecule has 0 atom stereocenters. The van der Waals surface area contributed by atoms with Gasteiger partial charge in [-0.3, -0.25) is 0 Å². The van der Waals surface area contributed by atoms with E-state index in [4.69, 9.17) is 11.8 Å². The summed E-state index contributed by atoms with van der Waals surface area (Å²) in [6, 6.07) is 0. The normalized spacial score (nSPS) is 0.500. The Morgan fingerprint density at radius 2 is 1.50 bits per heavy atom. The van der Waals surface area contributed by atoms with Crippen molar-refractivity contribution in [1.82, 2.24) is 0 Å². The molecule has 0 aliphatic rings. The van der Waals surface area contributed by atoms with Crippen LogP contribution in [0.25, 0.3) is 0 Å². The van der Waals surface area contributed by atoms with Gasteiger partial charge >= 0.3 is 37.7 Å². The molecule has 0 aromatic carbocycles. The number of hydrogen-bond acceptors (Lipinski definition) is 1. The number of hydrogen-bond donors (Lipinski definition) is 0. The molecule has 0 rings (SSSR count). The summed E-state index contributed by atoms with van der Waals surface area (Å²) in [6.45, 7) is 4.75. The molecule has 0 aliphatic carbocycles. The first kappa shape index (κ1) is 18.7. The van der Waals surface area contributed by atoms with Crippen molar-refractivity contribution in [3.8, 4) is 0 Å². The van der Waals surface area contributed by atoms with E-state index in [-0.39, 0.29) is 57.7 Å². The van der Waals surface area contributed by atoms with E-state index < -0.39 is 0 Å². The van der Waals surface area contributed by atoms with Crippen molar-refractivity contribution >= 4 is 37.7 Å². The summed E-state index contributed by atoms with van der Waals surface area (Å²) < 4.78 is 0. The molecule has 0 saturated carbocycles. The third-order valence-corrected chi connectivity index (χ3v) is 0. The van der Waals surface area contributed by atoms with E-state index in [0.29, 0.717) is 0 Å². The van der Waals surface area contributed by atoms with Gasteiger partial charge in [0.15, 0.2) is 0 Å². The van der Waals surface area contributed by atoms with Crippen molar-refractivity contribution in [1.29, 1.82) is 5.26 Å². The Morgan fingerprint density at radius 1 is 1.50 bits per heavy atom. The summed E-state index contributed by atoms with van der Waals surface area (Å²) in [5.74, 6) is 0. The zero-order valence-electron chi connectivity index (χ0n) is 4.03. The van der Waals surface area contributed by atoms with Gasteiger partial charge in [0.05, 0.1) is 0 Å². The molecular weight excluding hydrogens is 121 g/mol. The van der Waals surface area contributed by atoms with Crippen LogP contribution in [0.15, 0.2) is 0 Å². The van der Waals surface area contributed by atoms with Gasteiger partial charge in [-0.05, 0) is 0 Å². The van der Waals surface area contributed by atoms with Gasteiger partial charge in [0, 0.05) is 17.1 Å². The molecule has 0 fully saturated rings. The zero-order valence-corrected chi connectivity index (χ0v) is 5.42. The van der Waals surface area contributed by atoms with Gasteiger partial charge in [0.2, 0.25) is 0 Å². The molecule has 0 aromatic rings. The van der Waals surface area contributed by atoms with Crippen LogP contribution in [0.1, 0.15) is 2.85 Å². The summed E-state index contributed by atoms with van der Waals surface area (Å²) in [5.41, 5.74) is 0. The third kappa shape index (κ3) is 10.5. The quantitative estimate of drug-likeness (QED) is 0.327. The Kier molecular flexibility index (Phi) is 132. The van der Waals surface area contributed by atoms with E-state index in [1.165, 1.54) is 0 Å². The molecule has 0 saturated heterocycles. The Bertz CT molecular complexity index is 18.3. The van der Waals surface area contributed by atoms with Crippen LogP contribution in [0, 0.1) is 11.8 Å². The van der Waals surface area contributed by atoms with Gasteiger partial charge in [-0.15, -0.1) is 0 Å². The summed E-state index contributed by atoms with van der Waals surface area (Å²) >= 11 is 0. The fourth-order valence-electron chi connectivity index (χ4n) is 0. The van der Waals surface area contributed by atoms with E-state index in [9.17, 15) is 0 Å². The van der Waals surface area contributed by atoms with Gasteiger partial charge in [0.1, 0.15) is 0 Å².